The number of hydrogen-bond acceptors (Lipinski definition) is 4. The van der Waals surface area contributed by atoms with E-state index < -0.39 is 5.60 Å². The predicted octanol–water partition coefficient (Wildman–Crippen LogP) is 3.20. The van der Waals surface area contributed by atoms with E-state index in [1.54, 1.807) is 13.8 Å². The minimum Gasteiger partial charge on any atom is -0.461 e. The average molecular weight is 388 g/mol. The lowest BCUT2D eigenvalue weighted by Gasteiger charge is -2.25. The Kier molecular flexibility index (Phi) is 8.10. The Morgan fingerprint density at radius 1 is 1.06 bits per heavy atom. The van der Waals surface area contributed by atoms with Crippen molar-refractivity contribution in [2.45, 2.75) is 55.8 Å². The van der Waals surface area contributed by atoms with Crippen LogP contribution in [0.25, 0.3) is 0 Å². The van der Waals surface area contributed by atoms with Gasteiger partial charge in [0.05, 0.1) is 12.8 Å². The molecule has 0 N–H and O–H groups in total. The van der Waals surface area contributed by atoms with Gasteiger partial charge in [-0.1, -0.05) is 45.7 Å². The molecule has 0 aromatic heterocycles. The van der Waals surface area contributed by atoms with Gasteiger partial charge in [-0.05, 0) is 13.8 Å². The molecular formula is C12H20Br2O4. The summed E-state index contributed by atoms with van der Waals surface area (Å²) in [6.07, 6.45) is 0.582. The third kappa shape index (κ3) is 9.88. The molecule has 0 aromatic rings. The molecule has 0 saturated carbocycles. The number of alkyl halides is 2. The van der Waals surface area contributed by atoms with Gasteiger partial charge in [-0.2, -0.15) is 0 Å². The molecule has 18 heavy (non-hydrogen) atoms. The van der Waals surface area contributed by atoms with Crippen LogP contribution in [0.4, 0.5) is 0 Å². The highest BCUT2D eigenvalue weighted by atomic mass is 79.9. The molecule has 2 atom stereocenters. The van der Waals surface area contributed by atoms with Crippen LogP contribution in [0.2, 0.25) is 0 Å². The van der Waals surface area contributed by atoms with Gasteiger partial charge in [0.2, 0.25) is 0 Å². The molecule has 0 aliphatic rings. The van der Waals surface area contributed by atoms with Crippen LogP contribution in [0.5, 0.6) is 0 Å². The van der Waals surface area contributed by atoms with E-state index in [9.17, 15) is 9.59 Å². The first kappa shape index (κ1) is 17.9. The number of halogens is 2. The second-order valence-corrected chi connectivity index (χ2v) is 7.99. The Morgan fingerprint density at radius 3 is 1.94 bits per heavy atom. The second kappa shape index (κ2) is 8.15. The number of carbonyl (C=O) groups excluding carboxylic acids is 2. The molecule has 0 spiro atoms. The van der Waals surface area contributed by atoms with Gasteiger partial charge >= 0.3 is 11.9 Å². The van der Waals surface area contributed by atoms with Crippen molar-refractivity contribution in [2.24, 2.45) is 0 Å². The summed E-state index contributed by atoms with van der Waals surface area (Å²) in [4.78, 5) is 23.0. The first-order chi connectivity index (χ1) is 8.12. The molecule has 0 aliphatic heterocycles. The lowest BCUT2D eigenvalue weighted by atomic mass is 10.1. The van der Waals surface area contributed by atoms with E-state index in [1.165, 1.54) is 0 Å². The fourth-order valence-electron chi connectivity index (χ4n) is 1.15. The number of ether oxygens (including phenoxy) is 2. The molecule has 0 saturated heterocycles. The SMILES string of the molecule is CC(Br)CC(=O)OCC(C)(C)OC(=O)CC(C)Br. The van der Waals surface area contributed by atoms with Gasteiger partial charge in [0.1, 0.15) is 12.2 Å². The van der Waals surface area contributed by atoms with Gasteiger partial charge in [0, 0.05) is 9.65 Å². The van der Waals surface area contributed by atoms with E-state index in [4.69, 9.17) is 9.47 Å². The first-order valence-corrected chi connectivity index (χ1v) is 7.61. The van der Waals surface area contributed by atoms with Gasteiger partial charge in [-0.25, -0.2) is 0 Å². The Hall–Kier alpha value is -0.100. The normalized spacial score (nSPS) is 14.8. The maximum Gasteiger partial charge on any atom is 0.307 e. The molecule has 0 heterocycles. The van der Waals surface area contributed by atoms with Crippen molar-refractivity contribution in [1.29, 1.82) is 0 Å². The minimum atomic E-state index is -0.801. The topological polar surface area (TPSA) is 52.6 Å². The Morgan fingerprint density at radius 2 is 1.50 bits per heavy atom. The largest absolute Gasteiger partial charge is 0.461 e. The second-order valence-electron chi connectivity index (χ2n) is 4.86. The maximum atomic E-state index is 11.5. The summed E-state index contributed by atoms with van der Waals surface area (Å²) in [6, 6.07) is 0. The van der Waals surface area contributed by atoms with Gasteiger partial charge in [-0.15, -0.1) is 0 Å². The molecule has 6 heteroatoms. The monoisotopic (exact) mass is 386 g/mol. The summed E-state index contributed by atoms with van der Waals surface area (Å²) < 4.78 is 10.3. The highest BCUT2D eigenvalue weighted by Gasteiger charge is 2.25. The van der Waals surface area contributed by atoms with Gasteiger partial charge in [0.15, 0.2) is 0 Å². The zero-order valence-corrected chi connectivity index (χ0v) is 14.3. The smallest absolute Gasteiger partial charge is 0.307 e. The Bertz CT molecular complexity index is 288. The third-order valence-corrected chi connectivity index (χ3v) is 2.51. The molecule has 0 aromatic carbocycles. The van der Waals surface area contributed by atoms with Crippen LogP contribution in [0.15, 0.2) is 0 Å². The maximum absolute atomic E-state index is 11.5. The summed E-state index contributed by atoms with van der Waals surface area (Å²) in [6.45, 7) is 7.23. The zero-order valence-electron chi connectivity index (χ0n) is 11.2. The first-order valence-electron chi connectivity index (χ1n) is 5.78. The van der Waals surface area contributed by atoms with E-state index in [-0.39, 0.29) is 34.6 Å². The number of rotatable bonds is 7. The van der Waals surface area contributed by atoms with Crippen LogP contribution < -0.4 is 0 Å². The highest BCUT2D eigenvalue weighted by molar-refractivity contribution is 9.09. The highest BCUT2D eigenvalue weighted by Crippen LogP contribution is 2.15. The van der Waals surface area contributed by atoms with Crippen LogP contribution in [-0.2, 0) is 19.1 Å². The summed E-state index contributed by atoms with van der Waals surface area (Å²) in [5.74, 6) is -0.619. The molecule has 0 aliphatic carbocycles. The number of hydrogen-bond donors (Lipinski definition) is 0. The zero-order chi connectivity index (χ0) is 14.3. The Balaban J connectivity index is 4.07. The van der Waals surface area contributed by atoms with Crippen molar-refractivity contribution in [3.05, 3.63) is 0 Å². The molecule has 0 rings (SSSR count). The third-order valence-electron chi connectivity index (χ3n) is 1.87. The average Bonchev–Trinajstić information content (AvgIpc) is 2.11. The number of esters is 2. The molecule has 4 nitrogen and oxygen atoms in total. The van der Waals surface area contributed by atoms with Crippen molar-refractivity contribution in [3.63, 3.8) is 0 Å². The van der Waals surface area contributed by atoms with Crippen LogP contribution >= 0.6 is 31.9 Å². The van der Waals surface area contributed by atoms with Crippen LogP contribution in [0.3, 0.4) is 0 Å². The predicted molar refractivity (Wildman–Crippen MR) is 77.1 cm³/mol. The minimum absolute atomic E-state index is 0.0635. The van der Waals surface area contributed by atoms with Crippen LogP contribution in [0.1, 0.15) is 40.5 Å². The Labute approximate surface area is 125 Å². The van der Waals surface area contributed by atoms with Crippen molar-refractivity contribution >= 4 is 43.8 Å². The van der Waals surface area contributed by atoms with Crippen molar-refractivity contribution in [3.8, 4) is 0 Å². The summed E-state index contributed by atoms with van der Waals surface area (Å²) in [5, 5.41) is 0. The number of carbonyl (C=O) groups is 2. The van der Waals surface area contributed by atoms with Crippen molar-refractivity contribution in [2.75, 3.05) is 6.61 Å². The molecule has 0 bridgehead atoms. The molecule has 0 fully saturated rings. The molecule has 0 amide bonds. The molecule has 106 valence electrons. The lowest BCUT2D eigenvalue weighted by molar-refractivity contribution is -0.168. The standard InChI is InChI=1S/C12H20Br2O4/c1-8(13)5-10(15)17-7-12(3,4)18-11(16)6-9(2)14/h8-9H,5-7H2,1-4H3. The van der Waals surface area contributed by atoms with E-state index in [2.05, 4.69) is 31.9 Å². The molecule has 2 unspecified atom stereocenters. The van der Waals surface area contributed by atoms with E-state index in [0.717, 1.165) is 0 Å². The summed E-state index contributed by atoms with van der Waals surface area (Å²) in [7, 11) is 0. The fourth-order valence-corrected chi connectivity index (χ4v) is 1.68. The summed E-state index contributed by atoms with van der Waals surface area (Å²) in [5.41, 5.74) is -0.801. The van der Waals surface area contributed by atoms with Crippen molar-refractivity contribution < 1.29 is 19.1 Å². The molecular weight excluding hydrogens is 368 g/mol. The van der Waals surface area contributed by atoms with E-state index in [1.807, 2.05) is 13.8 Å². The van der Waals surface area contributed by atoms with Gasteiger partial charge < -0.3 is 9.47 Å². The quantitative estimate of drug-likeness (QED) is 0.497. The lowest BCUT2D eigenvalue weighted by Crippen LogP contribution is -2.35. The van der Waals surface area contributed by atoms with Gasteiger partial charge in [0.25, 0.3) is 0 Å². The van der Waals surface area contributed by atoms with E-state index in [0.29, 0.717) is 6.42 Å². The molecule has 0 radical (unpaired) electrons. The van der Waals surface area contributed by atoms with Crippen molar-refractivity contribution in [1.82, 2.24) is 0 Å². The van der Waals surface area contributed by atoms with Crippen LogP contribution in [0, 0.1) is 0 Å². The van der Waals surface area contributed by atoms with E-state index >= 15 is 0 Å². The summed E-state index contributed by atoms with van der Waals surface area (Å²) >= 11 is 6.55. The fraction of sp³-hybridized carbons (Fsp3) is 0.833. The van der Waals surface area contributed by atoms with Crippen LogP contribution in [-0.4, -0.2) is 33.8 Å². The van der Waals surface area contributed by atoms with Gasteiger partial charge in [-0.3, -0.25) is 9.59 Å².